The van der Waals surface area contributed by atoms with Crippen molar-refractivity contribution in [1.29, 1.82) is 0 Å². The molecule has 9 heteroatoms. The summed E-state index contributed by atoms with van der Waals surface area (Å²) in [5.74, 6) is 0.580. The van der Waals surface area contributed by atoms with Crippen molar-refractivity contribution < 1.29 is 4.21 Å². The minimum Gasteiger partial charge on any atom is -0.382 e. The van der Waals surface area contributed by atoms with Gasteiger partial charge in [0.15, 0.2) is 16.5 Å². The molecule has 0 saturated carbocycles. The molecule has 0 saturated heterocycles. The van der Waals surface area contributed by atoms with Gasteiger partial charge in [0.25, 0.3) is 0 Å². The van der Waals surface area contributed by atoms with E-state index < -0.39 is 5.69 Å². The quantitative estimate of drug-likeness (QED) is 0.593. The van der Waals surface area contributed by atoms with E-state index in [1.807, 2.05) is 0 Å². The Labute approximate surface area is 121 Å². The Bertz CT molecular complexity index is 940. The molecule has 0 radical (unpaired) electrons. The molecule has 0 atom stereocenters. The lowest BCUT2D eigenvalue weighted by Gasteiger charge is -2.04. The van der Waals surface area contributed by atoms with E-state index in [4.69, 9.17) is 5.73 Å². The zero-order valence-corrected chi connectivity index (χ0v) is 11.7. The van der Waals surface area contributed by atoms with Crippen molar-refractivity contribution in [2.45, 2.75) is 6.92 Å². The van der Waals surface area contributed by atoms with Crippen LogP contribution in [0.25, 0.3) is 11.2 Å². The van der Waals surface area contributed by atoms with Crippen LogP contribution in [0.15, 0.2) is 29.3 Å². The van der Waals surface area contributed by atoms with Gasteiger partial charge < -0.3 is 10.7 Å². The summed E-state index contributed by atoms with van der Waals surface area (Å²) in [5.41, 5.74) is 6.45. The van der Waals surface area contributed by atoms with Crippen molar-refractivity contribution >= 4 is 33.2 Å². The largest absolute Gasteiger partial charge is 0.382 e. The Balaban J connectivity index is 2.37. The summed E-state index contributed by atoms with van der Waals surface area (Å²) in [6.45, 7) is 1.66. The number of hydrogen-bond donors (Lipinski definition) is 2. The average molecular weight is 302 g/mol. The Morgan fingerprint density at radius 3 is 2.71 bits per heavy atom. The third-order valence-electron chi connectivity index (χ3n) is 2.89. The summed E-state index contributed by atoms with van der Waals surface area (Å²) in [6.07, 6.45) is 3.08. The number of aryl methyl sites for hydroxylation is 1. The molecule has 0 aliphatic heterocycles. The zero-order chi connectivity index (χ0) is 15.0. The number of rotatable bonds is 1. The van der Waals surface area contributed by atoms with Gasteiger partial charge >= 0.3 is 5.69 Å². The molecule has 106 valence electrons. The molecule has 0 spiro atoms. The third-order valence-corrected chi connectivity index (χ3v) is 3.46. The number of hydrogen-bond acceptors (Lipinski definition) is 6. The fraction of sp³-hybridized carbons (Fsp3) is 0.0833. The van der Waals surface area contributed by atoms with E-state index in [2.05, 4.69) is 19.9 Å². The van der Waals surface area contributed by atoms with Gasteiger partial charge in [-0.15, -0.1) is 0 Å². The lowest BCUT2D eigenvalue weighted by molar-refractivity contribution is 0.700. The first-order valence-electron chi connectivity index (χ1n) is 5.94. The summed E-state index contributed by atoms with van der Waals surface area (Å²) in [7, 11) is 0. The number of nitrogen functional groups attached to an aromatic ring is 1. The molecule has 3 rings (SSSR count). The lowest BCUT2D eigenvalue weighted by atomic mass is 10.2. The Hall–Kier alpha value is -2.81. The second-order valence-electron chi connectivity index (χ2n) is 4.24. The highest BCUT2D eigenvalue weighted by Gasteiger charge is 2.17. The number of pyridine rings is 1. The fourth-order valence-corrected chi connectivity index (χ4v) is 2.49. The summed E-state index contributed by atoms with van der Waals surface area (Å²) >= 11 is 0.202. The standard InChI is InChI=1S/C12H10N6O2S/c1-6-15-9(13)8-10(16-6)18(12(19)17-8)11(21-20)7-2-4-14-5-3-7/h2-5H,1H3,(H,17,19)(H2,13,15,16). The monoisotopic (exact) mass is 302 g/mol. The van der Waals surface area contributed by atoms with Crippen LogP contribution in [0.2, 0.25) is 0 Å². The topological polar surface area (TPSA) is 120 Å². The summed E-state index contributed by atoms with van der Waals surface area (Å²) in [4.78, 5) is 27.0. The van der Waals surface area contributed by atoms with Gasteiger partial charge in [-0.05, 0) is 19.1 Å². The first-order chi connectivity index (χ1) is 10.1. The molecule has 0 aliphatic rings. The van der Waals surface area contributed by atoms with Gasteiger partial charge in [0.05, 0.1) is 0 Å². The van der Waals surface area contributed by atoms with Crippen LogP contribution in [-0.2, 0) is 11.3 Å². The number of nitrogens with two attached hydrogens (primary N) is 1. The maximum absolute atomic E-state index is 12.2. The number of nitrogens with zero attached hydrogens (tertiary/aromatic N) is 4. The number of H-pyrrole nitrogens is 1. The van der Waals surface area contributed by atoms with Crippen molar-refractivity contribution in [3.63, 3.8) is 0 Å². The number of anilines is 1. The highest BCUT2D eigenvalue weighted by molar-refractivity contribution is 7.67. The van der Waals surface area contributed by atoms with E-state index >= 15 is 0 Å². The van der Waals surface area contributed by atoms with Gasteiger partial charge in [-0.1, -0.05) is 0 Å². The minimum absolute atomic E-state index is 0.165. The van der Waals surface area contributed by atoms with Crippen LogP contribution in [0.1, 0.15) is 11.4 Å². The number of fused-ring (bicyclic) bond motifs is 1. The molecule has 3 aromatic heterocycles. The van der Waals surface area contributed by atoms with Crippen molar-refractivity contribution in [3.8, 4) is 0 Å². The van der Waals surface area contributed by atoms with Gasteiger partial charge in [-0.3, -0.25) is 4.98 Å². The molecular formula is C12H10N6O2S. The predicted molar refractivity (Wildman–Crippen MR) is 79.2 cm³/mol. The van der Waals surface area contributed by atoms with Crippen molar-refractivity contribution in [3.05, 3.63) is 46.4 Å². The maximum atomic E-state index is 12.2. The first-order valence-corrected chi connectivity index (χ1v) is 6.68. The highest BCUT2D eigenvalue weighted by Crippen LogP contribution is 2.14. The molecular weight excluding hydrogens is 292 g/mol. The number of aromatic nitrogens is 5. The second-order valence-corrected chi connectivity index (χ2v) is 4.80. The normalized spacial score (nSPS) is 10.7. The maximum Gasteiger partial charge on any atom is 0.333 e. The van der Waals surface area contributed by atoms with Crippen molar-refractivity contribution in [1.82, 2.24) is 24.5 Å². The van der Waals surface area contributed by atoms with Crippen LogP contribution in [0.4, 0.5) is 5.82 Å². The van der Waals surface area contributed by atoms with Crippen molar-refractivity contribution in [2.75, 3.05) is 5.73 Å². The molecule has 0 aliphatic carbocycles. The summed E-state index contributed by atoms with van der Waals surface area (Å²) in [5, 5.41) is 0. The molecule has 0 bridgehead atoms. The van der Waals surface area contributed by atoms with Crippen LogP contribution < -0.4 is 11.4 Å². The van der Waals surface area contributed by atoms with Gasteiger partial charge in [0.2, 0.25) is 0 Å². The van der Waals surface area contributed by atoms with Crippen LogP contribution in [-0.4, -0.2) is 33.7 Å². The Morgan fingerprint density at radius 2 is 2.05 bits per heavy atom. The van der Waals surface area contributed by atoms with E-state index in [9.17, 15) is 9.00 Å². The lowest BCUT2D eigenvalue weighted by Crippen LogP contribution is -2.26. The molecule has 8 nitrogen and oxygen atoms in total. The summed E-state index contributed by atoms with van der Waals surface area (Å²) < 4.78 is 12.7. The SMILES string of the molecule is Cc1nc(N)c2[nH]c(=O)n(C(=S=O)c3ccncc3)c2n1. The van der Waals surface area contributed by atoms with Crippen LogP contribution in [0.5, 0.6) is 0 Å². The molecule has 0 unspecified atom stereocenters. The molecule has 3 aromatic rings. The molecule has 21 heavy (non-hydrogen) atoms. The van der Waals surface area contributed by atoms with E-state index in [0.29, 0.717) is 16.9 Å². The minimum atomic E-state index is -0.494. The van der Waals surface area contributed by atoms with Gasteiger partial charge in [-0.25, -0.2) is 23.5 Å². The number of nitrogens with one attached hydrogen (secondary N) is 1. The highest BCUT2D eigenvalue weighted by atomic mass is 32.1. The van der Waals surface area contributed by atoms with Gasteiger partial charge in [-0.2, -0.15) is 0 Å². The van der Waals surface area contributed by atoms with Crippen molar-refractivity contribution in [2.24, 2.45) is 0 Å². The van der Waals surface area contributed by atoms with E-state index in [-0.39, 0.29) is 27.7 Å². The van der Waals surface area contributed by atoms with Gasteiger partial charge in [0.1, 0.15) is 22.6 Å². The first kappa shape index (κ1) is 13.2. The smallest absolute Gasteiger partial charge is 0.333 e. The number of aromatic amines is 1. The zero-order valence-electron chi connectivity index (χ0n) is 10.9. The molecule has 3 heterocycles. The average Bonchev–Trinajstić information content (AvgIpc) is 2.79. The molecule has 0 fully saturated rings. The van der Waals surface area contributed by atoms with E-state index in [1.165, 1.54) is 4.57 Å². The second kappa shape index (κ2) is 4.94. The van der Waals surface area contributed by atoms with E-state index in [1.54, 1.807) is 31.5 Å². The molecule has 0 amide bonds. The van der Waals surface area contributed by atoms with Crippen LogP contribution in [0, 0.1) is 6.92 Å². The number of imidazole rings is 1. The van der Waals surface area contributed by atoms with Gasteiger partial charge in [0, 0.05) is 18.0 Å². The van der Waals surface area contributed by atoms with E-state index in [0.717, 1.165) is 0 Å². The Morgan fingerprint density at radius 1 is 1.33 bits per heavy atom. The molecule has 3 N–H and O–H groups in total. The predicted octanol–water partition coefficient (Wildman–Crippen LogP) is -0.355. The van der Waals surface area contributed by atoms with Crippen LogP contribution in [0.3, 0.4) is 0 Å². The Kier molecular flexibility index (Phi) is 3.10. The third kappa shape index (κ3) is 2.13. The summed E-state index contributed by atoms with van der Waals surface area (Å²) in [6, 6.07) is 3.28. The van der Waals surface area contributed by atoms with Crippen LogP contribution >= 0.6 is 0 Å². The molecule has 0 aromatic carbocycles. The fourth-order valence-electron chi connectivity index (χ4n) is 2.02.